The zero-order chi connectivity index (χ0) is 24.1. The maximum Gasteiger partial charge on any atom is 0.251 e. The van der Waals surface area contributed by atoms with Crippen LogP contribution in [0.3, 0.4) is 0 Å². The number of hydrogen-bond donors (Lipinski definition) is 3. The molecule has 0 saturated heterocycles. The molecule has 0 radical (unpaired) electrons. The van der Waals surface area contributed by atoms with Crippen LogP contribution in [0.5, 0.6) is 0 Å². The van der Waals surface area contributed by atoms with E-state index in [2.05, 4.69) is 30.8 Å². The monoisotopic (exact) mass is 465 g/mol. The number of hydrogen-bond acceptors (Lipinski definition) is 7. The number of rotatable bonds is 8. The minimum atomic E-state index is -1.23. The Bertz CT molecular complexity index is 1280. The molecule has 34 heavy (non-hydrogen) atoms. The maximum atomic E-state index is 14.1. The van der Waals surface area contributed by atoms with Gasteiger partial charge in [0.25, 0.3) is 5.91 Å². The Balaban J connectivity index is 1.45. The second kappa shape index (κ2) is 10.1. The Labute approximate surface area is 193 Å². The van der Waals surface area contributed by atoms with E-state index in [4.69, 9.17) is 0 Å². The summed E-state index contributed by atoms with van der Waals surface area (Å²) in [5.41, 5.74) is 1.12. The fourth-order valence-corrected chi connectivity index (χ4v) is 3.41. The molecule has 1 atom stereocenters. The van der Waals surface area contributed by atoms with E-state index < -0.39 is 35.8 Å². The molecule has 0 saturated carbocycles. The molecule has 11 heteroatoms. The van der Waals surface area contributed by atoms with Crippen molar-refractivity contribution in [1.29, 1.82) is 0 Å². The molecule has 0 aliphatic rings. The largest absolute Gasteiger partial charge is 0.394 e. The first kappa shape index (κ1) is 22.9. The van der Waals surface area contributed by atoms with E-state index in [0.29, 0.717) is 29.6 Å². The van der Waals surface area contributed by atoms with E-state index in [9.17, 15) is 18.7 Å². The van der Waals surface area contributed by atoms with Gasteiger partial charge in [-0.2, -0.15) is 0 Å². The second-order valence-electron chi connectivity index (χ2n) is 7.37. The quantitative estimate of drug-likeness (QED) is 0.366. The first-order chi connectivity index (χ1) is 16.5. The lowest BCUT2D eigenvalue weighted by molar-refractivity contribution is 0.0914. The average Bonchev–Trinajstić information content (AvgIpc) is 3.22. The van der Waals surface area contributed by atoms with Gasteiger partial charge < -0.3 is 20.3 Å². The lowest BCUT2D eigenvalue weighted by Crippen LogP contribution is -2.32. The summed E-state index contributed by atoms with van der Waals surface area (Å²) in [6.45, 7) is -0.346. The molecule has 0 aliphatic carbocycles. The number of nitrogens with one attached hydrogen (secondary N) is 2. The van der Waals surface area contributed by atoms with Crippen LogP contribution in [-0.4, -0.2) is 42.4 Å². The highest BCUT2D eigenvalue weighted by Gasteiger charge is 2.22. The van der Waals surface area contributed by atoms with Crippen LogP contribution in [0.4, 0.5) is 14.5 Å². The first-order valence-electron chi connectivity index (χ1n) is 10.3. The number of nitrogens with zero attached hydrogens (tertiary/aromatic N) is 5. The average molecular weight is 465 g/mol. The number of aliphatic hydroxyl groups is 1. The molecule has 174 valence electrons. The van der Waals surface area contributed by atoms with Crippen LogP contribution in [0.25, 0.3) is 11.5 Å². The summed E-state index contributed by atoms with van der Waals surface area (Å²) in [7, 11) is 1.81. The molecule has 0 aliphatic heterocycles. The van der Waals surface area contributed by atoms with E-state index in [1.807, 2.05) is 7.05 Å². The van der Waals surface area contributed by atoms with E-state index in [-0.39, 0.29) is 5.56 Å². The number of benzene rings is 2. The number of carbonyl (C=O) groups is 1. The van der Waals surface area contributed by atoms with E-state index >= 15 is 0 Å². The normalized spacial score (nSPS) is 11.8. The highest BCUT2D eigenvalue weighted by molar-refractivity contribution is 5.95. The van der Waals surface area contributed by atoms with Crippen molar-refractivity contribution in [2.45, 2.75) is 12.6 Å². The van der Waals surface area contributed by atoms with Crippen molar-refractivity contribution >= 4 is 11.6 Å². The zero-order valence-electron chi connectivity index (χ0n) is 18.1. The molecule has 2 aromatic heterocycles. The SMILES string of the molecule is Cn1c(CNc2cccc(C(=O)NC(CO)c3c(F)cccc3F)c2)nnc1-c1ccncn1. The molecule has 0 bridgehead atoms. The van der Waals surface area contributed by atoms with Gasteiger partial charge in [-0.25, -0.2) is 18.7 Å². The van der Waals surface area contributed by atoms with E-state index in [1.165, 1.54) is 12.4 Å². The predicted octanol–water partition coefficient (Wildman–Crippen LogP) is 2.63. The topological polar surface area (TPSA) is 118 Å². The highest BCUT2D eigenvalue weighted by Crippen LogP contribution is 2.22. The summed E-state index contributed by atoms with van der Waals surface area (Å²) < 4.78 is 29.9. The summed E-state index contributed by atoms with van der Waals surface area (Å²) in [6, 6.07) is 10.4. The molecule has 4 aromatic rings. The van der Waals surface area contributed by atoms with Crippen LogP contribution in [0, 0.1) is 11.6 Å². The Morgan fingerprint density at radius 1 is 1.12 bits per heavy atom. The number of aromatic nitrogens is 5. The van der Waals surface area contributed by atoms with Crippen molar-refractivity contribution < 1.29 is 18.7 Å². The third kappa shape index (κ3) is 4.89. The van der Waals surface area contributed by atoms with Crippen LogP contribution in [-0.2, 0) is 13.6 Å². The fraction of sp³-hybridized carbons (Fsp3) is 0.174. The molecule has 4 rings (SSSR count). The molecule has 1 unspecified atom stereocenters. The van der Waals surface area contributed by atoms with Crippen LogP contribution < -0.4 is 10.6 Å². The van der Waals surface area contributed by atoms with Crippen LogP contribution in [0.1, 0.15) is 27.8 Å². The molecule has 2 heterocycles. The van der Waals surface area contributed by atoms with Gasteiger partial charge in [0.2, 0.25) is 0 Å². The lowest BCUT2D eigenvalue weighted by Gasteiger charge is -2.18. The standard InChI is InChI=1S/C23H21F2N7O2/c1-32-20(30-31-22(32)18-8-9-26-13-28-18)11-27-15-5-2-4-14(10-15)23(34)29-19(12-33)21-16(24)6-3-7-17(21)25/h2-10,13,19,27,33H,11-12H2,1H3,(H,29,34). The first-order valence-corrected chi connectivity index (χ1v) is 10.3. The summed E-state index contributed by atoms with van der Waals surface area (Å²) >= 11 is 0. The second-order valence-corrected chi connectivity index (χ2v) is 7.37. The Morgan fingerprint density at radius 3 is 2.59 bits per heavy atom. The van der Waals surface area contributed by atoms with Crippen molar-refractivity contribution in [2.24, 2.45) is 7.05 Å². The van der Waals surface area contributed by atoms with E-state index in [0.717, 1.165) is 12.1 Å². The molecule has 3 N–H and O–H groups in total. The third-order valence-corrected chi connectivity index (χ3v) is 5.19. The molecule has 0 fully saturated rings. The van der Waals surface area contributed by atoms with Crippen molar-refractivity contribution in [1.82, 2.24) is 30.0 Å². The number of aliphatic hydroxyl groups excluding tert-OH is 1. The molecule has 0 spiro atoms. The highest BCUT2D eigenvalue weighted by atomic mass is 19.1. The lowest BCUT2D eigenvalue weighted by atomic mass is 10.1. The molecule has 2 aromatic carbocycles. The van der Waals surface area contributed by atoms with Gasteiger partial charge in [0.15, 0.2) is 11.6 Å². The summed E-state index contributed by atoms with van der Waals surface area (Å²) in [6.07, 6.45) is 3.05. The van der Waals surface area contributed by atoms with Crippen molar-refractivity contribution in [3.63, 3.8) is 0 Å². The maximum absolute atomic E-state index is 14.1. The smallest absolute Gasteiger partial charge is 0.251 e. The Hall–Kier alpha value is -4.25. The van der Waals surface area contributed by atoms with E-state index in [1.54, 1.807) is 41.1 Å². The van der Waals surface area contributed by atoms with Gasteiger partial charge in [0.1, 0.15) is 23.7 Å². The number of anilines is 1. The van der Waals surface area contributed by atoms with Gasteiger partial charge in [-0.1, -0.05) is 12.1 Å². The Kier molecular flexibility index (Phi) is 6.83. The van der Waals surface area contributed by atoms with Crippen molar-refractivity contribution in [2.75, 3.05) is 11.9 Å². The minimum Gasteiger partial charge on any atom is -0.394 e. The van der Waals surface area contributed by atoms with Crippen LogP contribution in [0.2, 0.25) is 0 Å². The van der Waals surface area contributed by atoms with Gasteiger partial charge in [-0.05, 0) is 36.4 Å². The van der Waals surface area contributed by atoms with Gasteiger partial charge in [0.05, 0.1) is 19.2 Å². The van der Waals surface area contributed by atoms with Crippen LogP contribution >= 0.6 is 0 Å². The minimum absolute atomic E-state index is 0.250. The third-order valence-electron chi connectivity index (χ3n) is 5.19. The summed E-state index contributed by atoms with van der Waals surface area (Å²) in [4.78, 5) is 20.8. The summed E-state index contributed by atoms with van der Waals surface area (Å²) in [5.74, 6) is -1.06. The predicted molar refractivity (Wildman–Crippen MR) is 119 cm³/mol. The number of halogens is 2. The van der Waals surface area contributed by atoms with Crippen molar-refractivity contribution in [3.05, 3.63) is 89.6 Å². The molecule has 9 nitrogen and oxygen atoms in total. The van der Waals surface area contributed by atoms with Gasteiger partial charge in [0, 0.05) is 30.1 Å². The van der Waals surface area contributed by atoms with Gasteiger partial charge >= 0.3 is 0 Å². The van der Waals surface area contributed by atoms with Gasteiger partial charge in [-0.15, -0.1) is 10.2 Å². The molecular weight excluding hydrogens is 444 g/mol. The molecular formula is C23H21F2N7O2. The fourth-order valence-electron chi connectivity index (χ4n) is 3.41. The van der Waals surface area contributed by atoms with Crippen molar-refractivity contribution in [3.8, 4) is 11.5 Å². The van der Waals surface area contributed by atoms with Gasteiger partial charge in [-0.3, -0.25) is 4.79 Å². The molecule has 1 amide bonds. The van der Waals surface area contributed by atoms with Crippen LogP contribution in [0.15, 0.2) is 61.1 Å². The zero-order valence-corrected chi connectivity index (χ0v) is 18.1. The number of amides is 1. The Morgan fingerprint density at radius 2 is 1.88 bits per heavy atom. The number of carbonyl (C=O) groups excluding carboxylic acids is 1. The summed E-state index contributed by atoms with van der Waals surface area (Å²) in [5, 5.41) is 23.6.